The van der Waals surface area contributed by atoms with Gasteiger partial charge in [-0.15, -0.1) is 0 Å². The summed E-state index contributed by atoms with van der Waals surface area (Å²) in [5, 5.41) is 0. The van der Waals surface area contributed by atoms with Crippen LogP contribution in [0.2, 0.25) is 0 Å². The molecule has 0 heterocycles. The van der Waals surface area contributed by atoms with Crippen LogP contribution in [-0.4, -0.2) is 30.9 Å². The summed E-state index contributed by atoms with van der Waals surface area (Å²) < 4.78 is 0. The van der Waals surface area contributed by atoms with Crippen LogP contribution < -0.4 is 11.5 Å². The van der Waals surface area contributed by atoms with E-state index in [0.29, 0.717) is 6.42 Å². The molecule has 1 aromatic carbocycles. The Morgan fingerprint density at radius 2 is 1.90 bits per heavy atom. The number of nitrogens with two attached hydrogens (primary N) is 2. The number of hydrogen-bond acceptors (Lipinski definition) is 3. The molecule has 0 spiro atoms. The van der Waals surface area contributed by atoms with E-state index in [-0.39, 0.29) is 0 Å². The fraction of sp³-hybridized carbons (Fsp3) is 0.588. The molecule has 4 nitrogen and oxygen atoms in total. The smallest absolute Gasteiger partial charge is 0.242 e. The topological polar surface area (TPSA) is 72.3 Å². The van der Waals surface area contributed by atoms with Crippen LogP contribution in [0.5, 0.6) is 0 Å². The summed E-state index contributed by atoms with van der Waals surface area (Å²) in [5.41, 5.74) is 11.6. The van der Waals surface area contributed by atoms with Crippen molar-refractivity contribution in [2.45, 2.75) is 37.6 Å². The Kier molecular flexibility index (Phi) is 5.37. The van der Waals surface area contributed by atoms with Crippen LogP contribution in [0.3, 0.4) is 0 Å². The van der Waals surface area contributed by atoms with Gasteiger partial charge in [0.05, 0.1) is 0 Å². The molecule has 4 heteroatoms. The maximum atomic E-state index is 11.9. The van der Waals surface area contributed by atoms with E-state index in [0.717, 1.165) is 24.6 Å². The molecular weight excluding hydrogens is 262 g/mol. The molecule has 1 amide bonds. The third-order valence-corrected chi connectivity index (χ3v) is 4.66. The van der Waals surface area contributed by atoms with Gasteiger partial charge in [0.25, 0.3) is 0 Å². The van der Waals surface area contributed by atoms with Gasteiger partial charge in [0.2, 0.25) is 5.91 Å². The summed E-state index contributed by atoms with van der Waals surface area (Å²) in [6.45, 7) is 1.87. The van der Waals surface area contributed by atoms with E-state index in [1.54, 1.807) is 0 Å². The average Bonchev–Trinajstić information content (AvgIpc) is 2.98. The molecule has 21 heavy (non-hydrogen) atoms. The monoisotopic (exact) mass is 289 g/mol. The first-order chi connectivity index (χ1) is 10.0. The highest BCUT2D eigenvalue weighted by Gasteiger charge is 2.34. The molecule has 0 aromatic heterocycles. The Balaban J connectivity index is 1.95. The van der Waals surface area contributed by atoms with Crippen LogP contribution >= 0.6 is 0 Å². The quantitative estimate of drug-likeness (QED) is 0.804. The van der Waals surface area contributed by atoms with E-state index >= 15 is 0 Å². The molecule has 1 fully saturated rings. The summed E-state index contributed by atoms with van der Waals surface area (Å²) in [5.74, 6) is 0.343. The molecule has 1 atom stereocenters. The zero-order valence-corrected chi connectivity index (χ0v) is 12.9. The van der Waals surface area contributed by atoms with Crippen molar-refractivity contribution in [3.05, 3.63) is 35.9 Å². The maximum absolute atomic E-state index is 11.9. The van der Waals surface area contributed by atoms with Gasteiger partial charge in [-0.1, -0.05) is 43.2 Å². The van der Waals surface area contributed by atoms with Crippen LogP contribution in [0.15, 0.2) is 30.3 Å². The van der Waals surface area contributed by atoms with Crippen molar-refractivity contribution in [3.8, 4) is 0 Å². The maximum Gasteiger partial charge on any atom is 0.242 e. The minimum Gasteiger partial charge on any atom is -0.368 e. The first-order valence-corrected chi connectivity index (χ1v) is 7.85. The van der Waals surface area contributed by atoms with Crippen LogP contribution in [0.25, 0.3) is 0 Å². The average molecular weight is 289 g/mol. The molecule has 1 aliphatic carbocycles. The van der Waals surface area contributed by atoms with Crippen LogP contribution in [0, 0.1) is 5.92 Å². The lowest BCUT2D eigenvalue weighted by atomic mass is 9.86. The predicted octanol–water partition coefficient (Wildman–Crippen LogP) is 1.84. The number of nitrogens with zero attached hydrogens (tertiary/aromatic N) is 1. The molecule has 116 valence electrons. The second kappa shape index (κ2) is 7.05. The minimum atomic E-state index is -1.08. The fourth-order valence-corrected chi connectivity index (χ4v) is 3.24. The molecule has 4 N–H and O–H groups in total. The van der Waals surface area contributed by atoms with Gasteiger partial charge >= 0.3 is 0 Å². The molecule has 0 bridgehead atoms. The number of rotatable bonds is 7. The van der Waals surface area contributed by atoms with Gasteiger partial charge in [-0.2, -0.15) is 0 Å². The molecular formula is C17H27N3O. The summed E-state index contributed by atoms with van der Waals surface area (Å²) in [6.07, 6.45) is 5.91. The summed E-state index contributed by atoms with van der Waals surface area (Å²) in [4.78, 5) is 14.1. The van der Waals surface area contributed by atoms with Crippen molar-refractivity contribution in [2.24, 2.45) is 17.4 Å². The standard InChI is InChI=1S/C17H27N3O/c1-20(13-14-7-5-6-8-14)12-11-17(19,16(18)21)15-9-3-2-4-10-15/h2-4,9-10,14H,5-8,11-13,19H2,1H3,(H2,18,21). The zero-order valence-electron chi connectivity index (χ0n) is 12.9. The van der Waals surface area contributed by atoms with E-state index in [1.807, 2.05) is 30.3 Å². The van der Waals surface area contributed by atoms with Gasteiger partial charge in [0.15, 0.2) is 0 Å². The van der Waals surface area contributed by atoms with E-state index in [9.17, 15) is 4.79 Å². The van der Waals surface area contributed by atoms with Crippen molar-refractivity contribution >= 4 is 5.91 Å². The first-order valence-electron chi connectivity index (χ1n) is 7.85. The normalized spacial score (nSPS) is 18.8. The fourth-order valence-electron chi connectivity index (χ4n) is 3.24. The van der Waals surface area contributed by atoms with Gasteiger partial charge in [-0.3, -0.25) is 4.79 Å². The highest BCUT2D eigenvalue weighted by Crippen LogP contribution is 2.26. The van der Waals surface area contributed by atoms with Gasteiger partial charge in [0.1, 0.15) is 5.54 Å². The Labute approximate surface area is 127 Å². The highest BCUT2D eigenvalue weighted by molar-refractivity contribution is 5.85. The number of carbonyl (C=O) groups is 1. The summed E-state index contributed by atoms with van der Waals surface area (Å²) >= 11 is 0. The van der Waals surface area contributed by atoms with E-state index < -0.39 is 11.4 Å². The molecule has 1 saturated carbocycles. The van der Waals surface area contributed by atoms with Crippen molar-refractivity contribution in [1.82, 2.24) is 4.90 Å². The number of hydrogen-bond donors (Lipinski definition) is 2. The molecule has 1 aliphatic rings. The molecule has 1 aromatic rings. The van der Waals surface area contributed by atoms with Crippen molar-refractivity contribution in [3.63, 3.8) is 0 Å². The number of carbonyl (C=O) groups excluding carboxylic acids is 1. The van der Waals surface area contributed by atoms with Crippen molar-refractivity contribution in [2.75, 3.05) is 20.1 Å². The highest BCUT2D eigenvalue weighted by atomic mass is 16.1. The lowest BCUT2D eigenvalue weighted by Gasteiger charge is -2.29. The molecule has 1 unspecified atom stereocenters. The van der Waals surface area contributed by atoms with E-state index in [2.05, 4.69) is 11.9 Å². The van der Waals surface area contributed by atoms with E-state index in [1.165, 1.54) is 25.7 Å². The molecule has 0 aliphatic heterocycles. The van der Waals surface area contributed by atoms with Gasteiger partial charge < -0.3 is 16.4 Å². The number of primary amides is 1. The van der Waals surface area contributed by atoms with E-state index in [4.69, 9.17) is 11.5 Å². The lowest BCUT2D eigenvalue weighted by Crippen LogP contribution is -2.50. The van der Waals surface area contributed by atoms with Crippen molar-refractivity contribution < 1.29 is 4.79 Å². The number of amides is 1. The van der Waals surface area contributed by atoms with Gasteiger partial charge in [-0.25, -0.2) is 0 Å². The van der Waals surface area contributed by atoms with Gasteiger partial charge in [-0.05, 0) is 37.8 Å². The summed E-state index contributed by atoms with van der Waals surface area (Å²) in [7, 11) is 2.10. The lowest BCUT2D eigenvalue weighted by molar-refractivity contribution is -0.123. The molecule has 2 rings (SSSR count). The molecule has 0 saturated heterocycles. The third kappa shape index (κ3) is 4.05. The second-order valence-electron chi connectivity index (χ2n) is 6.36. The molecule has 0 radical (unpaired) electrons. The van der Waals surface area contributed by atoms with Crippen LogP contribution in [-0.2, 0) is 10.3 Å². The first kappa shape index (κ1) is 16.0. The van der Waals surface area contributed by atoms with Gasteiger partial charge in [0, 0.05) is 13.1 Å². The zero-order chi connectivity index (χ0) is 15.3. The Morgan fingerprint density at radius 3 is 2.48 bits per heavy atom. The SMILES string of the molecule is CN(CCC(N)(C(N)=O)c1ccccc1)CC1CCCC1. The van der Waals surface area contributed by atoms with Crippen LogP contribution in [0.1, 0.15) is 37.7 Å². The Hall–Kier alpha value is -1.39. The summed E-state index contributed by atoms with van der Waals surface area (Å²) in [6, 6.07) is 9.45. The Bertz CT molecular complexity index is 456. The minimum absolute atomic E-state index is 0.456. The second-order valence-corrected chi connectivity index (χ2v) is 6.36. The van der Waals surface area contributed by atoms with Crippen molar-refractivity contribution in [1.29, 1.82) is 0 Å². The Morgan fingerprint density at radius 1 is 1.29 bits per heavy atom. The third-order valence-electron chi connectivity index (χ3n) is 4.66. The largest absolute Gasteiger partial charge is 0.368 e. The predicted molar refractivity (Wildman–Crippen MR) is 85.6 cm³/mol. The van der Waals surface area contributed by atoms with Crippen LogP contribution in [0.4, 0.5) is 0 Å². The number of benzene rings is 1.